The van der Waals surface area contributed by atoms with Crippen molar-refractivity contribution in [1.82, 2.24) is 0 Å². The molecule has 0 spiro atoms. The largest absolute Gasteiger partial charge is 0.330 e. The number of hydrogen-bond acceptors (Lipinski definition) is 1. The van der Waals surface area contributed by atoms with E-state index in [4.69, 9.17) is 5.73 Å². The van der Waals surface area contributed by atoms with Crippen molar-refractivity contribution in [1.29, 1.82) is 0 Å². The molecule has 106 valence electrons. The predicted molar refractivity (Wildman–Crippen MR) is 73.8 cm³/mol. The predicted octanol–water partition coefficient (Wildman–Crippen LogP) is 4.22. The molecule has 1 atom stereocenters. The Bertz CT molecular complexity index is 593. The molecule has 0 saturated heterocycles. The van der Waals surface area contributed by atoms with Gasteiger partial charge >= 0.3 is 0 Å². The second kappa shape index (κ2) is 6.09. The Morgan fingerprint density at radius 1 is 0.950 bits per heavy atom. The van der Waals surface area contributed by atoms with Gasteiger partial charge in [-0.1, -0.05) is 31.2 Å². The Morgan fingerprint density at radius 2 is 1.60 bits per heavy atom. The van der Waals surface area contributed by atoms with E-state index in [9.17, 15) is 13.2 Å². The van der Waals surface area contributed by atoms with Crippen LogP contribution >= 0.6 is 0 Å². The lowest BCUT2D eigenvalue weighted by Crippen LogP contribution is -2.04. The summed E-state index contributed by atoms with van der Waals surface area (Å²) in [6, 6.07) is 9.30. The van der Waals surface area contributed by atoms with E-state index in [0.29, 0.717) is 18.0 Å². The van der Waals surface area contributed by atoms with Gasteiger partial charge < -0.3 is 5.73 Å². The van der Waals surface area contributed by atoms with Crippen molar-refractivity contribution in [3.8, 4) is 11.1 Å². The van der Waals surface area contributed by atoms with Crippen LogP contribution in [0.1, 0.15) is 24.8 Å². The molecule has 2 aromatic carbocycles. The van der Waals surface area contributed by atoms with E-state index in [1.165, 1.54) is 6.07 Å². The highest BCUT2D eigenvalue weighted by molar-refractivity contribution is 5.64. The van der Waals surface area contributed by atoms with Gasteiger partial charge in [0.25, 0.3) is 0 Å². The van der Waals surface area contributed by atoms with Gasteiger partial charge in [0, 0.05) is 5.56 Å². The van der Waals surface area contributed by atoms with E-state index in [1.54, 1.807) is 12.1 Å². The van der Waals surface area contributed by atoms with Gasteiger partial charge in [-0.15, -0.1) is 0 Å². The lowest BCUT2D eigenvalue weighted by Gasteiger charge is -2.11. The quantitative estimate of drug-likeness (QED) is 0.833. The molecule has 1 unspecified atom stereocenters. The highest BCUT2D eigenvalue weighted by atomic mass is 19.2. The van der Waals surface area contributed by atoms with Gasteiger partial charge in [-0.3, -0.25) is 0 Å². The standard InChI is InChI=1S/C16H16F3N/c1-10(8-9-20)11-2-4-12(5-3-11)13-6-7-14(17)16(19)15(13)18/h2-7,10H,8-9,20H2,1H3. The van der Waals surface area contributed by atoms with Crippen molar-refractivity contribution in [3.63, 3.8) is 0 Å². The topological polar surface area (TPSA) is 26.0 Å². The molecule has 0 aromatic heterocycles. The molecule has 20 heavy (non-hydrogen) atoms. The zero-order valence-electron chi connectivity index (χ0n) is 11.2. The third-order valence-electron chi connectivity index (χ3n) is 3.43. The molecule has 1 nitrogen and oxygen atoms in total. The number of halogens is 3. The van der Waals surface area contributed by atoms with Crippen LogP contribution in [0.3, 0.4) is 0 Å². The number of nitrogens with two attached hydrogens (primary N) is 1. The molecule has 2 rings (SSSR count). The first-order valence-electron chi connectivity index (χ1n) is 6.48. The van der Waals surface area contributed by atoms with Crippen molar-refractivity contribution in [2.24, 2.45) is 5.73 Å². The second-order valence-corrected chi connectivity index (χ2v) is 4.82. The van der Waals surface area contributed by atoms with Crippen LogP contribution in [-0.4, -0.2) is 6.54 Å². The number of rotatable bonds is 4. The fourth-order valence-corrected chi connectivity index (χ4v) is 2.16. The van der Waals surface area contributed by atoms with E-state index < -0.39 is 17.5 Å². The van der Waals surface area contributed by atoms with Crippen LogP contribution in [0.4, 0.5) is 13.2 Å². The molecular formula is C16H16F3N. The summed E-state index contributed by atoms with van der Waals surface area (Å²) in [5.41, 5.74) is 7.17. The van der Waals surface area contributed by atoms with Crippen molar-refractivity contribution >= 4 is 0 Å². The molecule has 0 heterocycles. The van der Waals surface area contributed by atoms with Crippen molar-refractivity contribution in [2.45, 2.75) is 19.3 Å². The summed E-state index contributed by atoms with van der Waals surface area (Å²) in [4.78, 5) is 0. The molecule has 2 N–H and O–H groups in total. The summed E-state index contributed by atoms with van der Waals surface area (Å²) < 4.78 is 39.8. The second-order valence-electron chi connectivity index (χ2n) is 4.82. The molecule has 2 aromatic rings. The first-order chi connectivity index (χ1) is 9.54. The van der Waals surface area contributed by atoms with E-state index >= 15 is 0 Å². The van der Waals surface area contributed by atoms with Crippen molar-refractivity contribution in [2.75, 3.05) is 6.54 Å². The zero-order chi connectivity index (χ0) is 14.7. The molecule has 0 aliphatic rings. The van der Waals surface area contributed by atoms with E-state index in [-0.39, 0.29) is 5.56 Å². The summed E-state index contributed by atoms with van der Waals surface area (Å²) in [6.45, 7) is 2.65. The van der Waals surface area contributed by atoms with Gasteiger partial charge in [0.05, 0.1) is 0 Å². The van der Waals surface area contributed by atoms with Crippen LogP contribution in [0.5, 0.6) is 0 Å². The van der Waals surface area contributed by atoms with Crippen LogP contribution in [0, 0.1) is 17.5 Å². The first-order valence-corrected chi connectivity index (χ1v) is 6.48. The van der Waals surface area contributed by atoms with Gasteiger partial charge in [0.2, 0.25) is 0 Å². The van der Waals surface area contributed by atoms with Crippen LogP contribution in [0.2, 0.25) is 0 Å². The molecule has 0 amide bonds. The van der Waals surface area contributed by atoms with E-state index in [0.717, 1.165) is 18.1 Å². The fourth-order valence-electron chi connectivity index (χ4n) is 2.16. The first kappa shape index (κ1) is 14.6. The van der Waals surface area contributed by atoms with Crippen molar-refractivity contribution in [3.05, 3.63) is 59.4 Å². The Hall–Kier alpha value is -1.81. The smallest absolute Gasteiger partial charge is 0.195 e. The van der Waals surface area contributed by atoms with Crippen LogP contribution in [0.15, 0.2) is 36.4 Å². The minimum atomic E-state index is -1.44. The number of benzene rings is 2. The summed E-state index contributed by atoms with van der Waals surface area (Å²) >= 11 is 0. The van der Waals surface area contributed by atoms with Gasteiger partial charge in [-0.2, -0.15) is 0 Å². The summed E-state index contributed by atoms with van der Waals surface area (Å²) in [5.74, 6) is -3.47. The van der Waals surface area contributed by atoms with E-state index in [2.05, 4.69) is 6.92 Å². The molecule has 0 aliphatic heterocycles. The summed E-state index contributed by atoms with van der Waals surface area (Å²) in [6.07, 6.45) is 0.860. The normalized spacial score (nSPS) is 12.4. The highest BCUT2D eigenvalue weighted by Gasteiger charge is 2.14. The Labute approximate surface area is 116 Å². The van der Waals surface area contributed by atoms with Gasteiger partial charge in [-0.05, 0) is 42.1 Å². The molecule has 0 bridgehead atoms. The lowest BCUT2D eigenvalue weighted by atomic mass is 9.95. The summed E-state index contributed by atoms with van der Waals surface area (Å²) in [5, 5.41) is 0. The maximum atomic E-state index is 13.7. The molecule has 0 aliphatic carbocycles. The van der Waals surface area contributed by atoms with E-state index in [1.807, 2.05) is 12.1 Å². The van der Waals surface area contributed by atoms with Gasteiger partial charge in [0.15, 0.2) is 17.5 Å². The lowest BCUT2D eigenvalue weighted by molar-refractivity contribution is 0.449. The Morgan fingerprint density at radius 3 is 2.20 bits per heavy atom. The minimum Gasteiger partial charge on any atom is -0.330 e. The average molecular weight is 279 g/mol. The average Bonchev–Trinajstić information content (AvgIpc) is 2.45. The molecule has 0 saturated carbocycles. The molecular weight excluding hydrogens is 263 g/mol. The van der Waals surface area contributed by atoms with Crippen molar-refractivity contribution < 1.29 is 13.2 Å². The highest BCUT2D eigenvalue weighted by Crippen LogP contribution is 2.28. The minimum absolute atomic E-state index is 0.0573. The number of hydrogen-bond donors (Lipinski definition) is 1. The third kappa shape index (κ3) is 2.85. The Balaban J connectivity index is 2.33. The molecule has 4 heteroatoms. The SMILES string of the molecule is CC(CCN)c1ccc(-c2ccc(F)c(F)c2F)cc1. The molecule has 0 fully saturated rings. The maximum absolute atomic E-state index is 13.7. The van der Waals surface area contributed by atoms with Gasteiger partial charge in [-0.25, -0.2) is 13.2 Å². The van der Waals surface area contributed by atoms with Crippen LogP contribution in [-0.2, 0) is 0 Å². The summed E-state index contributed by atoms with van der Waals surface area (Å²) in [7, 11) is 0. The monoisotopic (exact) mass is 279 g/mol. The molecule has 0 radical (unpaired) electrons. The van der Waals surface area contributed by atoms with Crippen LogP contribution < -0.4 is 5.73 Å². The zero-order valence-corrected chi connectivity index (χ0v) is 11.2. The van der Waals surface area contributed by atoms with Crippen LogP contribution in [0.25, 0.3) is 11.1 Å². The Kier molecular flexibility index (Phi) is 4.45. The van der Waals surface area contributed by atoms with Gasteiger partial charge in [0.1, 0.15) is 0 Å². The maximum Gasteiger partial charge on any atom is 0.195 e. The third-order valence-corrected chi connectivity index (χ3v) is 3.43. The fraction of sp³-hybridized carbons (Fsp3) is 0.250.